The molecular formula is C78H99F9N6O6. The zero-order valence-corrected chi connectivity index (χ0v) is 58.2. The minimum absolute atomic E-state index is 0.0822. The highest BCUT2D eigenvalue weighted by Crippen LogP contribution is 2.46. The largest absolute Gasteiger partial charge is 0.508 e. The molecule has 6 heterocycles. The van der Waals surface area contributed by atoms with Crippen molar-refractivity contribution >= 4 is 0 Å². The van der Waals surface area contributed by atoms with Crippen LogP contribution < -0.4 is 14.2 Å². The molecule has 540 valence electrons. The molecule has 6 aromatic carbocycles. The first-order valence-corrected chi connectivity index (χ1v) is 35.1. The van der Waals surface area contributed by atoms with Gasteiger partial charge in [-0.25, -0.2) is 8.78 Å². The molecule has 0 aromatic heterocycles. The summed E-state index contributed by atoms with van der Waals surface area (Å²) >= 11 is 0. The average Bonchev–Trinajstić information content (AvgIpc) is 0.765. The Kier molecular flexibility index (Phi) is 24.8. The first-order valence-electron chi connectivity index (χ1n) is 35.1. The number of fused-ring (bicyclic) bond motifs is 3. The Labute approximate surface area is 578 Å². The third-order valence-corrected chi connectivity index (χ3v) is 20.6. The molecule has 21 heteroatoms. The predicted octanol–water partition coefficient (Wildman–Crippen LogP) is 14.6. The molecule has 12 rings (SSSR count). The number of aliphatic hydroxyl groups excluding tert-OH is 2. The molecule has 5 atom stereocenters. The van der Waals surface area contributed by atoms with Crippen molar-refractivity contribution in [2.24, 2.45) is 17.8 Å². The Morgan fingerprint density at radius 2 is 0.838 bits per heavy atom. The monoisotopic (exact) mass is 1390 g/mol. The van der Waals surface area contributed by atoms with Gasteiger partial charge in [0.2, 0.25) is 0 Å². The zero-order chi connectivity index (χ0) is 71.0. The van der Waals surface area contributed by atoms with Crippen molar-refractivity contribution < 1.29 is 69.0 Å². The molecule has 0 radical (unpaired) electrons. The topological polar surface area (TPSA) is 108 Å². The fourth-order valence-electron chi connectivity index (χ4n) is 15.2. The van der Waals surface area contributed by atoms with Crippen molar-refractivity contribution in [3.63, 3.8) is 0 Å². The molecule has 3 saturated heterocycles. The van der Waals surface area contributed by atoms with Gasteiger partial charge in [0, 0.05) is 89.4 Å². The van der Waals surface area contributed by atoms with Crippen molar-refractivity contribution in [3.8, 4) is 23.0 Å². The van der Waals surface area contributed by atoms with E-state index in [1.165, 1.54) is 22.6 Å². The second-order valence-corrected chi connectivity index (χ2v) is 28.9. The van der Waals surface area contributed by atoms with Crippen molar-refractivity contribution in [1.82, 2.24) is 29.4 Å². The second-order valence-electron chi connectivity index (χ2n) is 28.9. The number of alkyl halides is 9. The van der Waals surface area contributed by atoms with E-state index in [9.17, 15) is 54.8 Å². The Balaban J connectivity index is 0.000000161. The number of nitrogens with zero attached hydrogens (tertiary/aromatic N) is 6. The minimum atomic E-state index is -4.29. The van der Waals surface area contributed by atoms with Crippen LogP contribution in [0.3, 0.4) is 0 Å². The third kappa shape index (κ3) is 19.8. The summed E-state index contributed by atoms with van der Waals surface area (Å²) in [5.74, 6) is 1.28. The predicted molar refractivity (Wildman–Crippen MR) is 367 cm³/mol. The summed E-state index contributed by atoms with van der Waals surface area (Å²) in [6.45, 7) is 20.6. The minimum Gasteiger partial charge on any atom is -0.508 e. The van der Waals surface area contributed by atoms with E-state index >= 15 is 0 Å². The highest BCUT2D eigenvalue weighted by atomic mass is 19.4. The van der Waals surface area contributed by atoms with Crippen molar-refractivity contribution in [2.45, 2.75) is 148 Å². The first-order chi connectivity index (χ1) is 47.1. The standard InChI is InChI=1S/3C26H33F3N2O2/c1-25(2)13-20-12-21(32)6-9-23(20)24(31(25)17-26(3,28)29)19-4-7-22(8-5-19)33-11-10-30-15-18(14-27)16-30;2*1-3-19-14-30(15-19)10-11-33-23-7-5-21(6-8-23)25-24-9-4-20(16-32)13-22(24)12-18(2)31(25)17-26(27,28)29/h4-9,12,18,24,32H,10-11,13-17H2,1-3H3;2*4-9,13,18-19,25,32H,3,10-12,14-17H2,1-2H3/t24-;2*18-,25-/m110/s1. The van der Waals surface area contributed by atoms with Gasteiger partial charge < -0.3 is 29.5 Å². The van der Waals surface area contributed by atoms with E-state index in [0.717, 1.165) is 156 Å². The van der Waals surface area contributed by atoms with Crippen LogP contribution in [0.15, 0.2) is 127 Å². The summed E-state index contributed by atoms with van der Waals surface area (Å²) in [6, 6.07) is 37.0. The maximum absolute atomic E-state index is 14.2. The number of phenols is 1. The number of ether oxygens (including phenoxy) is 3. The average molecular weight is 1390 g/mol. The van der Waals surface area contributed by atoms with Crippen LogP contribution in [0.25, 0.3) is 0 Å². The lowest BCUT2D eigenvalue weighted by molar-refractivity contribution is -0.156. The number of aliphatic hydroxyl groups is 2. The zero-order valence-electron chi connectivity index (χ0n) is 58.2. The molecular weight excluding hydrogens is 1290 g/mol. The summed E-state index contributed by atoms with van der Waals surface area (Å²) in [4.78, 5) is 11.8. The summed E-state index contributed by atoms with van der Waals surface area (Å²) < 4.78 is 139. The number of rotatable bonds is 24. The van der Waals surface area contributed by atoms with Gasteiger partial charge in [-0.15, -0.1) is 0 Å². The lowest BCUT2D eigenvalue weighted by Gasteiger charge is -2.49. The SMILES string of the molecule is CC(F)(F)CN1[C@H](c2ccc(OCCN3CC(CF)C3)cc2)c2ccc(O)cc2CC1(C)C.CCC1CN(CCOc2ccc([C@@H]3c4ccc(CO)cc4C[C@@H](C)N3CC(F)(F)F)cc2)C1.CCC1CN(CCOc2ccc([C@H]3c4ccc(CO)cc4C[C@H](C)N3CC(F)(F)F)cc2)C1. The first kappa shape index (κ1) is 75.2. The van der Waals surface area contributed by atoms with Gasteiger partial charge in [0.1, 0.15) is 42.8 Å². The van der Waals surface area contributed by atoms with Crippen LogP contribution in [0.1, 0.15) is 141 Å². The fourth-order valence-corrected chi connectivity index (χ4v) is 15.2. The van der Waals surface area contributed by atoms with Crippen LogP contribution in [-0.2, 0) is 32.5 Å². The van der Waals surface area contributed by atoms with E-state index < -0.39 is 49.0 Å². The Bertz CT molecular complexity index is 3390. The maximum atomic E-state index is 14.2. The van der Waals surface area contributed by atoms with Crippen molar-refractivity contribution in [3.05, 3.63) is 189 Å². The lowest BCUT2D eigenvalue weighted by atomic mass is 9.78. The quantitative estimate of drug-likeness (QED) is 0.0502. The molecule has 0 spiro atoms. The summed E-state index contributed by atoms with van der Waals surface area (Å²) in [6.07, 6.45) is -4.52. The molecule has 0 bridgehead atoms. The van der Waals surface area contributed by atoms with Crippen LogP contribution in [0.5, 0.6) is 23.0 Å². The lowest BCUT2D eigenvalue weighted by Crippen LogP contribution is -2.54. The van der Waals surface area contributed by atoms with Crippen LogP contribution >= 0.6 is 0 Å². The third-order valence-electron chi connectivity index (χ3n) is 20.6. The van der Waals surface area contributed by atoms with Crippen LogP contribution in [0, 0.1) is 17.8 Å². The van der Waals surface area contributed by atoms with Gasteiger partial charge >= 0.3 is 12.4 Å². The molecule has 99 heavy (non-hydrogen) atoms. The van der Waals surface area contributed by atoms with Gasteiger partial charge in [-0.2, -0.15) is 26.3 Å². The van der Waals surface area contributed by atoms with Crippen molar-refractivity contribution in [1.29, 1.82) is 0 Å². The molecule has 6 aliphatic rings. The second kappa shape index (κ2) is 32.7. The van der Waals surface area contributed by atoms with E-state index in [1.807, 2.05) is 136 Å². The van der Waals surface area contributed by atoms with Gasteiger partial charge in [0.05, 0.1) is 57.6 Å². The van der Waals surface area contributed by atoms with Crippen molar-refractivity contribution in [2.75, 3.05) is 105 Å². The molecule has 0 unspecified atom stereocenters. The number of likely N-dealkylation sites (tertiary alicyclic amines) is 3. The number of halogens is 9. The molecule has 12 nitrogen and oxygen atoms in total. The number of benzene rings is 6. The van der Waals surface area contributed by atoms with Crippen LogP contribution in [0.4, 0.5) is 39.5 Å². The number of hydrogen-bond donors (Lipinski definition) is 3. The van der Waals surface area contributed by atoms with E-state index in [0.29, 0.717) is 39.1 Å². The fraction of sp³-hybridized carbons (Fsp3) is 0.538. The smallest absolute Gasteiger partial charge is 0.401 e. The van der Waals surface area contributed by atoms with E-state index in [1.54, 1.807) is 24.3 Å². The molecule has 3 N–H and O–H groups in total. The van der Waals surface area contributed by atoms with E-state index in [2.05, 4.69) is 28.5 Å². The number of aromatic hydroxyl groups is 1. The number of phenolic OH excluding ortho intramolecular Hbond substituents is 1. The van der Waals surface area contributed by atoms with Gasteiger partial charge in [-0.3, -0.25) is 33.8 Å². The van der Waals surface area contributed by atoms with Crippen LogP contribution in [0.2, 0.25) is 0 Å². The van der Waals surface area contributed by atoms with Gasteiger partial charge in [-0.05, 0) is 169 Å². The van der Waals surface area contributed by atoms with Gasteiger partial charge in [-0.1, -0.05) is 106 Å². The molecule has 0 aliphatic carbocycles. The highest BCUT2D eigenvalue weighted by Gasteiger charge is 2.46. The van der Waals surface area contributed by atoms with Crippen LogP contribution in [-0.4, -0.2) is 186 Å². The van der Waals surface area contributed by atoms with Gasteiger partial charge in [0.15, 0.2) is 0 Å². The number of hydrogen-bond acceptors (Lipinski definition) is 12. The molecule has 6 aromatic rings. The molecule has 6 aliphatic heterocycles. The highest BCUT2D eigenvalue weighted by molar-refractivity contribution is 5.48. The summed E-state index contributed by atoms with van der Waals surface area (Å²) in [5, 5.41) is 29.0. The Morgan fingerprint density at radius 3 is 1.19 bits per heavy atom. The molecule has 3 fully saturated rings. The Morgan fingerprint density at radius 1 is 0.475 bits per heavy atom. The van der Waals surface area contributed by atoms with E-state index in [4.69, 9.17) is 14.2 Å². The summed E-state index contributed by atoms with van der Waals surface area (Å²) in [7, 11) is 0. The normalized spacial score (nSPS) is 21.9. The summed E-state index contributed by atoms with van der Waals surface area (Å²) in [5.41, 5.74) is 9.20. The Hall–Kier alpha value is -6.43. The van der Waals surface area contributed by atoms with E-state index in [-0.39, 0.29) is 56.2 Å². The maximum Gasteiger partial charge on any atom is 0.401 e. The van der Waals surface area contributed by atoms with Gasteiger partial charge in [0.25, 0.3) is 5.92 Å². The molecule has 0 saturated carbocycles. The molecule has 0 amide bonds.